The van der Waals surface area contributed by atoms with Crippen LogP contribution in [-0.2, 0) is 4.79 Å². The number of carbonyl (C=O) groups is 1. The fourth-order valence-electron chi connectivity index (χ4n) is 2.17. The number of thiocarbonyl (C=S) groups is 1. The Labute approximate surface area is 130 Å². The minimum absolute atomic E-state index is 0.0295. The number of hydrogen-bond donors (Lipinski definition) is 2. The maximum absolute atomic E-state index is 12.1. The van der Waals surface area contributed by atoms with Gasteiger partial charge in [0.1, 0.15) is 5.75 Å². The van der Waals surface area contributed by atoms with Gasteiger partial charge in [0, 0.05) is 30.8 Å². The number of nitrogens with two attached hydrogens (primary N) is 1. The second kappa shape index (κ2) is 7.38. The van der Waals surface area contributed by atoms with E-state index >= 15 is 0 Å². The van der Waals surface area contributed by atoms with Gasteiger partial charge in [0.15, 0.2) is 0 Å². The number of amides is 1. The van der Waals surface area contributed by atoms with Crippen molar-refractivity contribution in [2.45, 2.75) is 25.3 Å². The third-order valence-corrected chi connectivity index (χ3v) is 3.61. The van der Waals surface area contributed by atoms with Crippen LogP contribution in [0, 0.1) is 0 Å². The van der Waals surface area contributed by atoms with Gasteiger partial charge in [-0.1, -0.05) is 18.3 Å². The van der Waals surface area contributed by atoms with E-state index < -0.39 is 0 Å². The molecule has 1 aromatic carbocycles. The normalized spacial score (nSPS) is 14.0. The van der Waals surface area contributed by atoms with Gasteiger partial charge in [-0.25, -0.2) is 0 Å². The lowest BCUT2D eigenvalue weighted by Gasteiger charge is -2.21. The van der Waals surface area contributed by atoms with Gasteiger partial charge in [0.25, 0.3) is 0 Å². The zero-order valence-electron chi connectivity index (χ0n) is 12.2. The number of ether oxygens (including phenoxy) is 1. The molecule has 6 heteroatoms. The van der Waals surface area contributed by atoms with E-state index in [1.807, 2.05) is 18.2 Å². The van der Waals surface area contributed by atoms with E-state index in [-0.39, 0.29) is 5.91 Å². The molecule has 0 saturated heterocycles. The molecular formula is C15H21N3O2S. The molecule has 2 rings (SSSR count). The number of methoxy groups -OCH3 is 1. The Balaban J connectivity index is 1.87. The Morgan fingerprint density at radius 1 is 1.52 bits per heavy atom. The number of benzene rings is 1. The Bertz CT molecular complexity index is 517. The van der Waals surface area contributed by atoms with Gasteiger partial charge in [-0.3, -0.25) is 9.69 Å². The zero-order chi connectivity index (χ0) is 15.2. The van der Waals surface area contributed by atoms with Crippen molar-refractivity contribution >= 4 is 28.8 Å². The average molecular weight is 307 g/mol. The van der Waals surface area contributed by atoms with Crippen LogP contribution in [0.15, 0.2) is 24.3 Å². The molecule has 0 radical (unpaired) electrons. The summed E-state index contributed by atoms with van der Waals surface area (Å²) in [6.07, 6.45) is 2.94. The lowest BCUT2D eigenvalue weighted by atomic mass is 10.3. The summed E-state index contributed by atoms with van der Waals surface area (Å²) in [6.45, 7) is 1.11. The number of nitrogens with one attached hydrogen (secondary N) is 1. The monoisotopic (exact) mass is 307 g/mol. The van der Waals surface area contributed by atoms with Crippen LogP contribution in [0.1, 0.15) is 19.3 Å². The quantitative estimate of drug-likeness (QED) is 0.717. The molecule has 1 aromatic rings. The molecule has 1 amide bonds. The average Bonchev–Trinajstić information content (AvgIpc) is 3.28. The first-order valence-electron chi connectivity index (χ1n) is 7.04. The van der Waals surface area contributed by atoms with Crippen molar-refractivity contribution in [2.75, 3.05) is 25.5 Å². The van der Waals surface area contributed by atoms with Gasteiger partial charge >= 0.3 is 0 Å². The van der Waals surface area contributed by atoms with Crippen LogP contribution in [0.5, 0.6) is 5.75 Å². The van der Waals surface area contributed by atoms with E-state index in [1.165, 1.54) is 0 Å². The molecule has 1 aliphatic carbocycles. The largest absolute Gasteiger partial charge is 0.497 e. The van der Waals surface area contributed by atoms with E-state index in [0.717, 1.165) is 30.8 Å². The second-order valence-electron chi connectivity index (χ2n) is 5.20. The summed E-state index contributed by atoms with van der Waals surface area (Å²) in [7, 11) is 1.60. The summed E-state index contributed by atoms with van der Waals surface area (Å²) in [4.78, 5) is 14.8. The molecule has 3 N–H and O–H groups in total. The highest BCUT2D eigenvalue weighted by Gasteiger charge is 2.29. The van der Waals surface area contributed by atoms with Gasteiger partial charge in [-0.2, -0.15) is 0 Å². The van der Waals surface area contributed by atoms with Gasteiger partial charge < -0.3 is 15.8 Å². The predicted molar refractivity (Wildman–Crippen MR) is 87.6 cm³/mol. The van der Waals surface area contributed by atoms with E-state index in [1.54, 1.807) is 13.2 Å². The smallest absolute Gasteiger partial charge is 0.238 e. The first-order valence-corrected chi connectivity index (χ1v) is 7.45. The standard InChI is InChI=1S/C15H21N3O2S/c1-20-13-4-2-3-11(9-13)17-15(19)10-18(12-5-6-12)8-7-14(16)21/h2-4,9,12H,5-8,10H2,1H3,(H2,16,21)(H,17,19). The summed E-state index contributed by atoms with van der Waals surface area (Å²) in [5, 5.41) is 2.89. The Morgan fingerprint density at radius 2 is 2.29 bits per heavy atom. The predicted octanol–water partition coefficient (Wildman–Crippen LogP) is 1.77. The Morgan fingerprint density at radius 3 is 2.90 bits per heavy atom. The maximum atomic E-state index is 12.1. The number of carbonyl (C=O) groups excluding carboxylic acids is 1. The molecule has 0 spiro atoms. The van der Waals surface area contributed by atoms with Gasteiger partial charge in [-0.05, 0) is 25.0 Å². The number of hydrogen-bond acceptors (Lipinski definition) is 4. The fourth-order valence-corrected chi connectivity index (χ4v) is 2.26. The number of anilines is 1. The first-order chi connectivity index (χ1) is 10.1. The molecule has 5 nitrogen and oxygen atoms in total. The highest BCUT2D eigenvalue weighted by molar-refractivity contribution is 7.80. The SMILES string of the molecule is COc1cccc(NC(=O)CN(CCC(N)=S)C2CC2)c1. The first kappa shape index (κ1) is 15.7. The van der Waals surface area contributed by atoms with Crippen molar-refractivity contribution in [1.29, 1.82) is 0 Å². The van der Waals surface area contributed by atoms with Crippen LogP contribution in [0.3, 0.4) is 0 Å². The van der Waals surface area contributed by atoms with Crippen molar-refractivity contribution in [3.05, 3.63) is 24.3 Å². The number of nitrogens with zero attached hydrogens (tertiary/aromatic N) is 1. The van der Waals surface area contributed by atoms with Gasteiger partial charge in [0.05, 0.1) is 18.6 Å². The maximum Gasteiger partial charge on any atom is 0.238 e. The lowest BCUT2D eigenvalue weighted by Crippen LogP contribution is -2.36. The zero-order valence-corrected chi connectivity index (χ0v) is 13.0. The molecule has 1 saturated carbocycles. The van der Waals surface area contributed by atoms with Crippen LogP contribution < -0.4 is 15.8 Å². The number of rotatable bonds is 8. The van der Waals surface area contributed by atoms with Gasteiger partial charge in [-0.15, -0.1) is 0 Å². The molecule has 0 unspecified atom stereocenters. The van der Waals surface area contributed by atoms with E-state index in [0.29, 0.717) is 24.0 Å². The van der Waals surface area contributed by atoms with E-state index in [9.17, 15) is 4.79 Å². The second-order valence-corrected chi connectivity index (χ2v) is 5.72. The molecule has 0 aliphatic heterocycles. The molecule has 0 atom stereocenters. The molecule has 114 valence electrons. The van der Waals surface area contributed by atoms with Crippen LogP contribution in [0.2, 0.25) is 0 Å². The van der Waals surface area contributed by atoms with E-state index in [4.69, 9.17) is 22.7 Å². The third kappa shape index (κ3) is 5.32. The van der Waals surface area contributed by atoms with Gasteiger partial charge in [0.2, 0.25) is 5.91 Å². The molecule has 1 aliphatic rings. The molecule has 0 aromatic heterocycles. The summed E-state index contributed by atoms with van der Waals surface area (Å²) in [5.41, 5.74) is 6.28. The summed E-state index contributed by atoms with van der Waals surface area (Å²) >= 11 is 4.90. The van der Waals surface area contributed by atoms with Crippen molar-refractivity contribution in [3.8, 4) is 5.75 Å². The van der Waals surface area contributed by atoms with Crippen LogP contribution in [0.25, 0.3) is 0 Å². The highest BCUT2D eigenvalue weighted by Crippen LogP contribution is 2.26. The van der Waals surface area contributed by atoms with Crippen molar-refractivity contribution in [2.24, 2.45) is 5.73 Å². The third-order valence-electron chi connectivity index (χ3n) is 3.41. The molecule has 0 heterocycles. The Kier molecular flexibility index (Phi) is 5.52. The van der Waals surface area contributed by atoms with E-state index in [2.05, 4.69) is 10.2 Å². The molecule has 21 heavy (non-hydrogen) atoms. The van der Waals surface area contributed by atoms with Crippen LogP contribution in [0.4, 0.5) is 5.69 Å². The van der Waals surface area contributed by atoms with Crippen LogP contribution in [-0.4, -0.2) is 42.0 Å². The highest BCUT2D eigenvalue weighted by atomic mass is 32.1. The Hall–Kier alpha value is -1.66. The van der Waals surface area contributed by atoms with Crippen LogP contribution >= 0.6 is 12.2 Å². The summed E-state index contributed by atoms with van der Waals surface area (Å²) in [6, 6.07) is 7.83. The summed E-state index contributed by atoms with van der Waals surface area (Å²) < 4.78 is 5.14. The fraction of sp³-hybridized carbons (Fsp3) is 0.467. The van der Waals surface area contributed by atoms with Crippen molar-refractivity contribution < 1.29 is 9.53 Å². The minimum Gasteiger partial charge on any atom is -0.497 e. The summed E-state index contributed by atoms with van der Waals surface area (Å²) in [5.74, 6) is 0.693. The minimum atomic E-state index is -0.0295. The van der Waals surface area contributed by atoms with Crippen molar-refractivity contribution in [3.63, 3.8) is 0 Å². The molecular weight excluding hydrogens is 286 g/mol. The molecule has 1 fully saturated rings. The lowest BCUT2D eigenvalue weighted by molar-refractivity contribution is -0.117. The molecule has 0 bridgehead atoms. The van der Waals surface area contributed by atoms with Crippen molar-refractivity contribution in [1.82, 2.24) is 4.90 Å². The topological polar surface area (TPSA) is 67.6 Å².